The molecule has 0 fully saturated rings. The third-order valence-electron chi connectivity index (χ3n) is 3.61. The molecule has 0 N–H and O–H groups in total. The van der Waals surface area contributed by atoms with Crippen molar-refractivity contribution in [2.24, 2.45) is 0 Å². The largest absolute Gasteiger partial charge is 0.305 e. The van der Waals surface area contributed by atoms with E-state index in [0.29, 0.717) is 13.0 Å². The van der Waals surface area contributed by atoms with E-state index in [0.717, 1.165) is 29.1 Å². The summed E-state index contributed by atoms with van der Waals surface area (Å²) in [7, 11) is 0. The lowest BCUT2D eigenvalue weighted by Gasteiger charge is -2.26. The second-order valence-corrected chi connectivity index (χ2v) is 6.13. The molecule has 1 heterocycles. The van der Waals surface area contributed by atoms with E-state index in [1.807, 2.05) is 38.1 Å². The molecule has 2 aromatic rings. The number of aryl methyl sites for hydroxylation is 2. The van der Waals surface area contributed by atoms with Crippen molar-refractivity contribution in [3.8, 4) is 0 Å². The van der Waals surface area contributed by atoms with Gasteiger partial charge in [-0.25, -0.2) is 0 Å². The Bertz CT molecular complexity index is 644. The Hall–Kier alpha value is -1.46. The smallest absolute Gasteiger partial charge is 0.245 e. The standard InChI is InChI=1S/C16H20ClN3OS/c1-4-12-8-6-7-9-15(12)20(16(21)13(17)5-2)10-14-11(3)18-22-19-14/h6-9,13H,4-5,10H2,1-3H3. The van der Waals surface area contributed by atoms with Crippen LogP contribution in [0.2, 0.25) is 0 Å². The lowest BCUT2D eigenvalue weighted by atomic mass is 10.1. The lowest BCUT2D eigenvalue weighted by Crippen LogP contribution is -2.37. The first-order chi connectivity index (χ1) is 10.6. The third kappa shape index (κ3) is 3.65. The molecule has 0 aliphatic carbocycles. The molecule has 1 aromatic heterocycles. The number of alkyl halides is 1. The van der Waals surface area contributed by atoms with E-state index in [2.05, 4.69) is 15.7 Å². The maximum absolute atomic E-state index is 12.7. The van der Waals surface area contributed by atoms with Gasteiger partial charge < -0.3 is 4.90 Å². The summed E-state index contributed by atoms with van der Waals surface area (Å²) in [5, 5.41) is -0.531. The fourth-order valence-electron chi connectivity index (χ4n) is 2.24. The maximum Gasteiger partial charge on any atom is 0.245 e. The Labute approximate surface area is 140 Å². The summed E-state index contributed by atoms with van der Waals surface area (Å²) in [6, 6.07) is 7.93. The maximum atomic E-state index is 12.7. The Morgan fingerprint density at radius 2 is 2.05 bits per heavy atom. The molecule has 1 unspecified atom stereocenters. The SMILES string of the molecule is CCc1ccccc1N(Cc1nsnc1C)C(=O)C(Cl)CC. The number of halogens is 1. The molecule has 1 atom stereocenters. The highest BCUT2D eigenvalue weighted by Crippen LogP contribution is 2.25. The Kier molecular flexibility index (Phi) is 5.91. The molecule has 0 spiro atoms. The third-order valence-corrected chi connectivity index (χ3v) is 4.76. The fourth-order valence-corrected chi connectivity index (χ4v) is 2.92. The molecule has 0 aliphatic heterocycles. The van der Waals surface area contributed by atoms with Gasteiger partial charge in [-0.15, -0.1) is 11.6 Å². The summed E-state index contributed by atoms with van der Waals surface area (Å²) >= 11 is 7.38. The normalized spacial score (nSPS) is 12.2. The number of para-hydroxylation sites is 1. The number of aromatic nitrogens is 2. The number of carbonyl (C=O) groups excluding carboxylic acids is 1. The predicted octanol–water partition coefficient (Wildman–Crippen LogP) is 3.96. The monoisotopic (exact) mass is 337 g/mol. The molecular formula is C16H20ClN3OS. The zero-order valence-electron chi connectivity index (χ0n) is 13.0. The predicted molar refractivity (Wildman–Crippen MR) is 91.6 cm³/mol. The molecule has 4 nitrogen and oxygen atoms in total. The number of amides is 1. The number of nitrogens with zero attached hydrogens (tertiary/aromatic N) is 3. The minimum Gasteiger partial charge on any atom is -0.305 e. The molecule has 0 aliphatic rings. The van der Waals surface area contributed by atoms with Gasteiger partial charge in [0.15, 0.2) is 0 Å². The van der Waals surface area contributed by atoms with Gasteiger partial charge in [-0.2, -0.15) is 8.75 Å². The minimum atomic E-state index is -0.531. The van der Waals surface area contributed by atoms with Gasteiger partial charge in [0.2, 0.25) is 5.91 Å². The van der Waals surface area contributed by atoms with E-state index >= 15 is 0 Å². The highest BCUT2D eigenvalue weighted by molar-refractivity contribution is 6.99. The van der Waals surface area contributed by atoms with E-state index in [1.54, 1.807) is 4.90 Å². The van der Waals surface area contributed by atoms with Crippen LogP contribution in [0.3, 0.4) is 0 Å². The van der Waals surface area contributed by atoms with Gasteiger partial charge >= 0.3 is 0 Å². The average Bonchev–Trinajstić information content (AvgIpc) is 2.96. The molecule has 1 amide bonds. The highest BCUT2D eigenvalue weighted by atomic mass is 35.5. The molecule has 2 rings (SSSR count). The molecule has 0 bridgehead atoms. The van der Waals surface area contributed by atoms with Gasteiger partial charge in [0.1, 0.15) is 5.38 Å². The lowest BCUT2D eigenvalue weighted by molar-refractivity contribution is -0.118. The number of benzene rings is 1. The van der Waals surface area contributed by atoms with Crippen LogP contribution in [0.4, 0.5) is 5.69 Å². The highest BCUT2D eigenvalue weighted by Gasteiger charge is 2.25. The first-order valence-corrected chi connectivity index (χ1v) is 8.56. The zero-order chi connectivity index (χ0) is 16.1. The van der Waals surface area contributed by atoms with Crippen molar-refractivity contribution in [2.45, 2.75) is 45.5 Å². The van der Waals surface area contributed by atoms with Crippen molar-refractivity contribution in [3.63, 3.8) is 0 Å². The zero-order valence-corrected chi connectivity index (χ0v) is 14.6. The van der Waals surface area contributed by atoms with Gasteiger partial charge in [0.25, 0.3) is 0 Å². The van der Waals surface area contributed by atoms with Crippen LogP contribution in [-0.4, -0.2) is 20.0 Å². The average molecular weight is 338 g/mol. The molecule has 0 radical (unpaired) electrons. The molecule has 0 saturated carbocycles. The molecule has 1 aromatic carbocycles. The topological polar surface area (TPSA) is 46.1 Å². The first-order valence-electron chi connectivity index (χ1n) is 7.39. The van der Waals surface area contributed by atoms with Crippen molar-refractivity contribution in [1.29, 1.82) is 0 Å². The molecular weight excluding hydrogens is 318 g/mol. The summed E-state index contributed by atoms with van der Waals surface area (Å²) in [5.41, 5.74) is 3.71. The second-order valence-electron chi connectivity index (χ2n) is 5.08. The number of anilines is 1. The Balaban J connectivity index is 2.41. The van der Waals surface area contributed by atoms with Crippen LogP contribution in [0, 0.1) is 6.92 Å². The fraction of sp³-hybridized carbons (Fsp3) is 0.438. The second kappa shape index (κ2) is 7.70. The van der Waals surface area contributed by atoms with Crippen LogP contribution in [0.15, 0.2) is 24.3 Å². The molecule has 6 heteroatoms. The van der Waals surface area contributed by atoms with Crippen LogP contribution >= 0.6 is 23.3 Å². The summed E-state index contributed by atoms with van der Waals surface area (Å²) < 4.78 is 8.49. The summed E-state index contributed by atoms with van der Waals surface area (Å²) in [6.45, 7) is 6.30. The van der Waals surface area contributed by atoms with Gasteiger partial charge in [0, 0.05) is 5.69 Å². The molecule has 0 saturated heterocycles. The Morgan fingerprint density at radius 3 is 2.64 bits per heavy atom. The van der Waals surface area contributed by atoms with Crippen molar-refractivity contribution in [3.05, 3.63) is 41.2 Å². The van der Waals surface area contributed by atoms with Crippen LogP contribution in [0.5, 0.6) is 0 Å². The van der Waals surface area contributed by atoms with Gasteiger partial charge in [-0.05, 0) is 31.4 Å². The number of carbonyl (C=O) groups is 1. The van der Waals surface area contributed by atoms with Crippen LogP contribution < -0.4 is 4.90 Å². The van der Waals surface area contributed by atoms with E-state index in [9.17, 15) is 4.79 Å². The van der Waals surface area contributed by atoms with Crippen molar-refractivity contribution in [1.82, 2.24) is 8.75 Å². The summed E-state index contributed by atoms with van der Waals surface area (Å²) in [6.07, 6.45) is 1.45. The van der Waals surface area contributed by atoms with E-state index in [1.165, 1.54) is 11.7 Å². The van der Waals surface area contributed by atoms with Gasteiger partial charge in [-0.1, -0.05) is 32.0 Å². The quantitative estimate of drug-likeness (QED) is 0.749. The van der Waals surface area contributed by atoms with E-state index in [-0.39, 0.29) is 5.91 Å². The van der Waals surface area contributed by atoms with Gasteiger partial charge in [-0.3, -0.25) is 4.79 Å². The summed E-state index contributed by atoms with van der Waals surface area (Å²) in [4.78, 5) is 14.5. The van der Waals surface area contributed by atoms with Crippen LogP contribution in [-0.2, 0) is 17.8 Å². The van der Waals surface area contributed by atoms with Crippen molar-refractivity contribution < 1.29 is 4.79 Å². The van der Waals surface area contributed by atoms with Gasteiger partial charge in [0.05, 0.1) is 29.7 Å². The van der Waals surface area contributed by atoms with Crippen molar-refractivity contribution >= 4 is 34.9 Å². The summed E-state index contributed by atoms with van der Waals surface area (Å²) in [5.74, 6) is -0.0857. The molecule has 118 valence electrons. The number of rotatable bonds is 6. The van der Waals surface area contributed by atoms with Crippen molar-refractivity contribution in [2.75, 3.05) is 4.90 Å². The number of hydrogen-bond donors (Lipinski definition) is 0. The first kappa shape index (κ1) is 16.9. The Morgan fingerprint density at radius 1 is 1.32 bits per heavy atom. The van der Waals surface area contributed by atoms with Crippen LogP contribution in [0.25, 0.3) is 0 Å². The van der Waals surface area contributed by atoms with Crippen LogP contribution in [0.1, 0.15) is 37.2 Å². The molecule has 22 heavy (non-hydrogen) atoms. The minimum absolute atomic E-state index is 0.0857. The van der Waals surface area contributed by atoms with E-state index in [4.69, 9.17) is 11.6 Å². The number of hydrogen-bond acceptors (Lipinski definition) is 4. The van der Waals surface area contributed by atoms with E-state index < -0.39 is 5.38 Å².